The number of carbonyl (C=O) groups excluding carboxylic acids is 2. The fourth-order valence-electron chi connectivity index (χ4n) is 8.11. The molecule has 0 aromatic heterocycles. The Kier molecular flexibility index (Phi) is 53.3. The highest BCUT2D eigenvalue weighted by atomic mass is 16.6. The summed E-state index contributed by atoms with van der Waals surface area (Å²) in [5.74, 6) is -0.409. The Hall–Kier alpha value is -2.14. The summed E-state index contributed by atoms with van der Waals surface area (Å²) in [5, 5.41) is 0. The maximum atomic E-state index is 12.8. The molecule has 0 aromatic rings. The molecule has 0 aliphatic rings. The van der Waals surface area contributed by atoms with E-state index in [1.807, 2.05) is 0 Å². The molecule has 0 rings (SSSR count). The van der Waals surface area contributed by atoms with Gasteiger partial charge in [-0.2, -0.15) is 0 Å². The zero-order valence-corrected chi connectivity index (χ0v) is 43.1. The molecule has 5 heteroatoms. The summed E-state index contributed by atoms with van der Waals surface area (Å²) in [7, 11) is 0. The van der Waals surface area contributed by atoms with Crippen molar-refractivity contribution in [1.29, 1.82) is 0 Å². The van der Waals surface area contributed by atoms with Gasteiger partial charge in [0.25, 0.3) is 0 Å². The lowest BCUT2D eigenvalue weighted by Gasteiger charge is -2.18. The molecule has 0 fully saturated rings. The molecule has 1 unspecified atom stereocenters. The number of allylic oxidation sites excluding steroid dienone is 8. The molecule has 0 heterocycles. The first kappa shape index (κ1) is 61.9. The van der Waals surface area contributed by atoms with Crippen LogP contribution in [-0.2, 0) is 23.8 Å². The summed E-state index contributed by atoms with van der Waals surface area (Å²) in [4.78, 5) is 25.5. The van der Waals surface area contributed by atoms with Crippen LogP contribution in [0.25, 0.3) is 0 Å². The number of rotatable bonds is 52. The summed E-state index contributed by atoms with van der Waals surface area (Å²) in [6, 6.07) is 0. The molecule has 5 nitrogen and oxygen atoms in total. The van der Waals surface area contributed by atoms with E-state index in [0.29, 0.717) is 19.4 Å². The van der Waals surface area contributed by atoms with Crippen LogP contribution in [0.5, 0.6) is 0 Å². The molecule has 0 amide bonds. The average Bonchev–Trinajstić information content (AvgIpc) is 3.30. The van der Waals surface area contributed by atoms with Gasteiger partial charge in [0, 0.05) is 19.4 Å². The largest absolute Gasteiger partial charge is 0.462 e. The highest BCUT2D eigenvalue weighted by Gasteiger charge is 2.17. The highest BCUT2D eigenvalue weighted by Crippen LogP contribution is 2.16. The third-order valence-electron chi connectivity index (χ3n) is 12.3. The van der Waals surface area contributed by atoms with Crippen LogP contribution in [0.4, 0.5) is 0 Å². The van der Waals surface area contributed by atoms with Crippen LogP contribution >= 0.6 is 0 Å². The molecular formula is C59H108O5. The van der Waals surface area contributed by atoms with Crippen molar-refractivity contribution in [1.82, 2.24) is 0 Å². The molecule has 0 saturated heterocycles. The lowest BCUT2D eigenvalue weighted by molar-refractivity contribution is -0.163. The molecule has 64 heavy (non-hydrogen) atoms. The second kappa shape index (κ2) is 55.2. The Morgan fingerprint density at radius 1 is 0.344 bits per heavy atom. The molecule has 0 N–H and O–H groups in total. The number of carbonyl (C=O) groups is 2. The maximum absolute atomic E-state index is 12.8. The minimum atomic E-state index is -0.544. The predicted octanol–water partition coefficient (Wildman–Crippen LogP) is 19.1. The SMILES string of the molecule is CCC/C=C\C/C=C\CCCCCCCC(=O)OC(COCCCCCCCCCCCCCCCCCCCC)COC(=O)CCCCCCCCC/C=C\C/C=C\CCCCC. The van der Waals surface area contributed by atoms with Gasteiger partial charge in [-0.15, -0.1) is 0 Å². The fraction of sp³-hybridized carbons (Fsp3) is 0.831. The van der Waals surface area contributed by atoms with Gasteiger partial charge in [0.1, 0.15) is 6.61 Å². The van der Waals surface area contributed by atoms with Crippen molar-refractivity contribution in [2.45, 2.75) is 297 Å². The van der Waals surface area contributed by atoms with Gasteiger partial charge in [0.2, 0.25) is 0 Å². The lowest BCUT2D eigenvalue weighted by Crippen LogP contribution is -2.30. The first-order valence-electron chi connectivity index (χ1n) is 28.2. The monoisotopic (exact) mass is 897 g/mol. The molecule has 0 saturated carbocycles. The van der Waals surface area contributed by atoms with Gasteiger partial charge in [-0.1, -0.05) is 249 Å². The Balaban J connectivity index is 4.24. The van der Waals surface area contributed by atoms with Crippen molar-refractivity contribution in [3.05, 3.63) is 48.6 Å². The minimum Gasteiger partial charge on any atom is -0.462 e. The molecule has 0 radical (unpaired) electrons. The summed E-state index contributed by atoms with van der Waals surface area (Å²) in [6.45, 7) is 7.77. The highest BCUT2D eigenvalue weighted by molar-refractivity contribution is 5.70. The van der Waals surface area contributed by atoms with E-state index >= 15 is 0 Å². The van der Waals surface area contributed by atoms with Crippen molar-refractivity contribution in [3.8, 4) is 0 Å². The number of esters is 2. The summed E-state index contributed by atoms with van der Waals surface area (Å²) in [6.07, 6.45) is 68.4. The first-order chi connectivity index (χ1) is 31.6. The van der Waals surface area contributed by atoms with Crippen molar-refractivity contribution in [3.63, 3.8) is 0 Å². The lowest BCUT2D eigenvalue weighted by atomic mass is 10.0. The molecule has 0 aliphatic carbocycles. The van der Waals surface area contributed by atoms with E-state index in [2.05, 4.69) is 69.4 Å². The smallest absolute Gasteiger partial charge is 0.306 e. The molecule has 0 aromatic carbocycles. The van der Waals surface area contributed by atoms with Crippen LogP contribution in [-0.4, -0.2) is 37.9 Å². The van der Waals surface area contributed by atoms with Crippen molar-refractivity contribution in [2.24, 2.45) is 0 Å². The number of hydrogen-bond acceptors (Lipinski definition) is 5. The zero-order valence-electron chi connectivity index (χ0n) is 43.1. The first-order valence-corrected chi connectivity index (χ1v) is 28.2. The normalized spacial score (nSPS) is 12.5. The Morgan fingerprint density at radius 3 is 1.12 bits per heavy atom. The van der Waals surface area contributed by atoms with Gasteiger partial charge in [0.05, 0.1) is 6.61 Å². The van der Waals surface area contributed by atoms with Crippen LogP contribution in [0.2, 0.25) is 0 Å². The molecule has 0 aliphatic heterocycles. The summed E-state index contributed by atoms with van der Waals surface area (Å²) < 4.78 is 17.5. The van der Waals surface area contributed by atoms with E-state index in [-0.39, 0.29) is 25.2 Å². The second-order valence-electron chi connectivity index (χ2n) is 18.8. The topological polar surface area (TPSA) is 61.8 Å². The van der Waals surface area contributed by atoms with Crippen molar-refractivity contribution >= 4 is 11.9 Å². The second-order valence-corrected chi connectivity index (χ2v) is 18.8. The van der Waals surface area contributed by atoms with E-state index in [4.69, 9.17) is 14.2 Å². The van der Waals surface area contributed by atoms with Crippen molar-refractivity contribution in [2.75, 3.05) is 19.8 Å². The Morgan fingerprint density at radius 2 is 0.688 bits per heavy atom. The van der Waals surface area contributed by atoms with Gasteiger partial charge in [-0.25, -0.2) is 0 Å². The van der Waals surface area contributed by atoms with E-state index < -0.39 is 6.10 Å². The van der Waals surface area contributed by atoms with E-state index in [9.17, 15) is 9.59 Å². The van der Waals surface area contributed by atoms with Crippen LogP contribution in [0.1, 0.15) is 290 Å². The Bertz CT molecular complexity index is 1060. The summed E-state index contributed by atoms with van der Waals surface area (Å²) >= 11 is 0. The zero-order chi connectivity index (χ0) is 46.3. The van der Waals surface area contributed by atoms with E-state index in [1.54, 1.807) is 0 Å². The third kappa shape index (κ3) is 52.5. The molecule has 1 atom stereocenters. The van der Waals surface area contributed by atoms with Gasteiger partial charge >= 0.3 is 11.9 Å². The number of unbranched alkanes of at least 4 members (excludes halogenated alkanes) is 33. The quantitative estimate of drug-likeness (QED) is 0.0346. The molecule has 374 valence electrons. The van der Waals surface area contributed by atoms with E-state index in [1.165, 1.54) is 193 Å². The number of hydrogen-bond donors (Lipinski definition) is 0. The molecule has 0 spiro atoms. The average molecular weight is 898 g/mol. The summed E-state index contributed by atoms with van der Waals surface area (Å²) in [5.41, 5.74) is 0. The van der Waals surface area contributed by atoms with Gasteiger partial charge in [-0.3, -0.25) is 9.59 Å². The fourth-order valence-corrected chi connectivity index (χ4v) is 8.11. The predicted molar refractivity (Wildman–Crippen MR) is 279 cm³/mol. The molecular weight excluding hydrogens is 789 g/mol. The van der Waals surface area contributed by atoms with Crippen LogP contribution < -0.4 is 0 Å². The third-order valence-corrected chi connectivity index (χ3v) is 12.3. The van der Waals surface area contributed by atoms with Gasteiger partial charge < -0.3 is 14.2 Å². The maximum Gasteiger partial charge on any atom is 0.306 e. The Labute approximate surface area is 399 Å². The van der Waals surface area contributed by atoms with Crippen LogP contribution in [0.15, 0.2) is 48.6 Å². The van der Waals surface area contributed by atoms with Gasteiger partial charge in [0.15, 0.2) is 6.10 Å². The van der Waals surface area contributed by atoms with Crippen LogP contribution in [0.3, 0.4) is 0 Å². The van der Waals surface area contributed by atoms with E-state index in [0.717, 1.165) is 64.2 Å². The molecule has 0 bridgehead atoms. The minimum absolute atomic E-state index is 0.0787. The van der Waals surface area contributed by atoms with Crippen LogP contribution in [0, 0.1) is 0 Å². The van der Waals surface area contributed by atoms with Gasteiger partial charge in [-0.05, 0) is 77.0 Å². The number of ether oxygens (including phenoxy) is 3. The van der Waals surface area contributed by atoms with Crippen molar-refractivity contribution < 1.29 is 23.8 Å². The standard InChI is InChI=1S/C59H108O5/c1-4-7-10-13-16-19-22-25-27-29-31-33-36-39-42-45-48-51-54-62-55-57(64-59(61)53-50-47-44-41-38-34-24-21-18-15-12-9-6-3)56-63-58(60)52-49-46-43-40-37-35-32-30-28-26-23-20-17-14-11-8-5-2/h12,15,17,20-21,24,26,28,57H,4-11,13-14,16,18-19,22-23,25,27,29-56H2,1-3H3/b15-12-,20-17-,24-21-,28-26-.